The van der Waals surface area contributed by atoms with E-state index in [0.717, 1.165) is 6.08 Å². The molecule has 1 aromatic rings. The Balaban J connectivity index is 2.42. The van der Waals surface area contributed by atoms with Gasteiger partial charge in [-0.2, -0.15) is 8.78 Å². The van der Waals surface area contributed by atoms with Gasteiger partial charge >= 0.3 is 11.9 Å². The van der Waals surface area contributed by atoms with E-state index in [9.17, 15) is 13.6 Å². The molecule has 0 bridgehead atoms. The molecule has 2 rings (SSSR count). The zero-order chi connectivity index (χ0) is 18.0. The van der Waals surface area contributed by atoms with Crippen molar-refractivity contribution in [2.24, 2.45) is 0 Å². The van der Waals surface area contributed by atoms with Crippen molar-refractivity contribution in [3.05, 3.63) is 61.2 Å². The first-order valence-electron chi connectivity index (χ1n) is 7.45. The van der Waals surface area contributed by atoms with E-state index < -0.39 is 36.0 Å². The quantitative estimate of drug-likeness (QED) is 0.450. The van der Waals surface area contributed by atoms with Gasteiger partial charge < -0.3 is 14.2 Å². The molecule has 1 aromatic carbocycles. The molecule has 1 saturated heterocycles. The lowest BCUT2D eigenvalue weighted by molar-refractivity contribution is -0.195. The van der Waals surface area contributed by atoms with E-state index >= 15 is 0 Å². The van der Waals surface area contributed by atoms with Crippen LogP contribution in [0.3, 0.4) is 0 Å². The minimum Gasteiger partial charge on any atom is -0.449 e. The molecule has 130 valence electrons. The van der Waals surface area contributed by atoms with Crippen LogP contribution in [-0.4, -0.2) is 29.9 Å². The molecule has 0 unspecified atom stereocenters. The molecule has 0 radical (unpaired) electrons. The summed E-state index contributed by atoms with van der Waals surface area (Å²) < 4.78 is 45.0. The maximum atomic E-state index is 14.3. The fourth-order valence-electron chi connectivity index (χ4n) is 2.57. The summed E-state index contributed by atoms with van der Waals surface area (Å²) in [7, 11) is 0. The van der Waals surface area contributed by atoms with Crippen LogP contribution in [0.4, 0.5) is 8.78 Å². The number of hydrogen-bond donors (Lipinski definition) is 0. The molecule has 0 aliphatic carbocycles. The largest absolute Gasteiger partial charge is 0.449 e. The van der Waals surface area contributed by atoms with Crippen LogP contribution in [0.1, 0.15) is 25.5 Å². The molecule has 0 N–H and O–H groups in total. The number of hydrogen-bond acceptors (Lipinski definition) is 4. The highest BCUT2D eigenvalue weighted by Crippen LogP contribution is 2.43. The first-order valence-corrected chi connectivity index (χ1v) is 7.45. The Morgan fingerprint density at radius 3 is 2.46 bits per heavy atom. The van der Waals surface area contributed by atoms with Gasteiger partial charge in [-0.15, -0.1) is 0 Å². The minimum atomic E-state index is -3.50. The van der Waals surface area contributed by atoms with E-state index in [1.165, 1.54) is 0 Å². The highest BCUT2D eigenvalue weighted by atomic mass is 19.3. The molecule has 1 fully saturated rings. The maximum Gasteiger partial charge on any atom is 0.330 e. The van der Waals surface area contributed by atoms with Crippen molar-refractivity contribution in [1.82, 2.24) is 0 Å². The Morgan fingerprint density at radius 1 is 1.29 bits per heavy atom. The second-order valence-electron chi connectivity index (χ2n) is 5.87. The molecule has 0 amide bonds. The Bertz CT molecular complexity index is 613. The van der Waals surface area contributed by atoms with Gasteiger partial charge in [0.15, 0.2) is 11.9 Å². The molecular formula is C18H20F2O4. The number of carbonyl (C=O) groups excluding carboxylic acids is 1. The van der Waals surface area contributed by atoms with Gasteiger partial charge in [-0.1, -0.05) is 43.5 Å². The molecule has 1 aliphatic heterocycles. The summed E-state index contributed by atoms with van der Waals surface area (Å²) in [5, 5.41) is 0. The Kier molecular flexibility index (Phi) is 5.20. The van der Waals surface area contributed by atoms with Crippen LogP contribution in [0.2, 0.25) is 0 Å². The van der Waals surface area contributed by atoms with E-state index in [4.69, 9.17) is 14.2 Å². The topological polar surface area (TPSA) is 44.8 Å². The second-order valence-corrected chi connectivity index (χ2v) is 5.87. The Morgan fingerprint density at radius 2 is 1.92 bits per heavy atom. The fourth-order valence-corrected chi connectivity index (χ4v) is 2.57. The molecule has 4 nitrogen and oxygen atoms in total. The number of alkyl halides is 2. The van der Waals surface area contributed by atoms with Gasteiger partial charge in [0.05, 0.1) is 0 Å². The smallest absolute Gasteiger partial charge is 0.330 e. The summed E-state index contributed by atoms with van der Waals surface area (Å²) in [6.07, 6.45) is -2.67. The number of ether oxygens (including phenoxy) is 3. The number of benzene rings is 1. The van der Waals surface area contributed by atoms with Gasteiger partial charge in [-0.05, 0) is 25.5 Å². The summed E-state index contributed by atoms with van der Waals surface area (Å²) in [6.45, 7) is 9.59. The van der Waals surface area contributed by atoms with E-state index in [1.54, 1.807) is 44.2 Å². The van der Waals surface area contributed by atoms with Gasteiger partial charge in [0, 0.05) is 6.08 Å². The molecule has 0 spiro atoms. The third kappa shape index (κ3) is 3.88. The van der Waals surface area contributed by atoms with Crippen LogP contribution in [0.25, 0.3) is 0 Å². The van der Waals surface area contributed by atoms with E-state index in [1.807, 2.05) is 0 Å². The summed E-state index contributed by atoms with van der Waals surface area (Å²) >= 11 is 0. The maximum absolute atomic E-state index is 14.3. The van der Waals surface area contributed by atoms with E-state index in [2.05, 4.69) is 13.2 Å². The lowest BCUT2D eigenvalue weighted by Gasteiger charge is -2.30. The normalized spacial score (nSPS) is 24.2. The third-order valence-corrected chi connectivity index (χ3v) is 3.62. The van der Waals surface area contributed by atoms with Gasteiger partial charge in [0.25, 0.3) is 0 Å². The molecule has 24 heavy (non-hydrogen) atoms. The van der Waals surface area contributed by atoms with Crippen LogP contribution >= 0.6 is 0 Å². The van der Waals surface area contributed by atoms with Crippen LogP contribution in [0, 0.1) is 0 Å². The number of esters is 1. The third-order valence-electron chi connectivity index (χ3n) is 3.62. The molecule has 1 heterocycles. The second kappa shape index (κ2) is 6.83. The van der Waals surface area contributed by atoms with Crippen LogP contribution in [-0.2, 0) is 19.0 Å². The number of halogens is 2. The standard InChI is InChI=1S/C18H20F2O4/c1-5-13(21)22-16(18(19,20)6-2)15-14(23-17(3,4)24-15)12-10-8-7-9-11-12/h5-11,14-16H,1-2H2,3-4H3/t14-,15+,16-/m1/s1. The summed E-state index contributed by atoms with van der Waals surface area (Å²) in [5.74, 6) is -5.58. The van der Waals surface area contributed by atoms with E-state index in [0.29, 0.717) is 11.6 Å². The number of rotatable bonds is 6. The van der Waals surface area contributed by atoms with Gasteiger partial charge in [0.2, 0.25) is 0 Å². The summed E-state index contributed by atoms with van der Waals surface area (Å²) in [4.78, 5) is 11.5. The molecule has 3 atom stereocenters. The molecule has 1 aliphatic rings. The zero-order valence-corrected chi connectivity index (χ0v) is 13.6. The van der Waals surface area contributed by atoms with Gasteiger partial charge in [-0.3, -0.25) is 0 Å². The molecule has 0 aromatic heterocycles. The van der Waals surface area contributed by atoms with Crippen molar-refractivity contribution in [2.75, 3.05) is 0 Å². The fraction of sp³-hybridized carbons (Fsp3) is 0.389. The lowest BCUT2D eigenvalue weighted by Crippen LogP contribution is -2.47. The predicted octanol–water partition coefficient (Wildman–Crippen LogP) is 3.80. The monoisotopic (exact) mass is 338 g/mol. The van der Waals surface area contributed by atoms with Crippen molar-refractivity contribution in [1.29, 1.82) is 0 Å². The first-order chi connectivity index (χ1) is 11.2. The average Bonchev–Trinajstić information content (AvgIpc) is 2.88. The Labute approximate surface area is 139 Å². The van der Waals surface area contributed by atoms with Crippen LogP contribution in [0.5, 0.6) is 0 Å². The highest BCUT2D eigenvalue weighted by molar-refractivity contribution is 5.81. The molecule has 0 saturated carbocycles. The first kappa shape index (κ1) is 18.3. The molecule has 6 heteroatoms. The van der Waals surface area contributed by atoms with Crippen molar-refractivity contribution in [3.8, 4) is 0 Å². The van der Waals surface area contributed by atoms with E-state index in [-0.39, 0.29) is 0 Å². The summed E-state index contributed by atoms with van der Waals surface area (Å²) in [6, 6.07) is 8.80. The van der Waals surface area contributed by atoms with Crippen LogP contribution in [0.15, 0.2) is 55.6 Å². The molecular weight excluding hydrogens is 318 g/mol. The Hall–Kier alpha value is -2.05. The van der Waals surface area contributed by atoms with Crippen molar-refractivity contribution < 1.29 is 27.8 Å². The summed E-state index contributed by atoms with van der Waals surface area (Å²) in [5.41, 5.74) is 0.646. The van der Waals surface area contributed by atoms with Crippen molar-refractivity contribution in [3.63, 3.8) is 0 Å². The van der Waals surface area contributed by atoms with Crippen molar-refractivity contribution >= 4 is 5.97 Å². The highest BCUT2D eigenvalue weighted by Gasteiger charge is 2.55. The zero-order valence-electron chi connectivity index (χ0n) is 13.6. The predicted molar refractivity (Wildman–Crippen MR) is 84.4 cm³/mol. The van der Waals surface area contributed by atoms with Gasteiger partial charge in [0.1, 0.15) is 12.2 Å². The SMILES string of the molecule is C=CC(=O)O[C@H]([C@H]1OC(C)(C)O[C@@H]1c1ccccc1)C(F)(F)C=C. The van der Waals surface area contributed by atoms with Gasteiger partial charge in [-0.25, -0.2) is 4.79 Å². The number of carbonyl (C=O) groups is 1. The van der Waals surface area contributed by atoms with Crippen molar-refractivity contribution in [2.45, 2.75) is 43.9 Å². The minimum absolute atomic E-state index is 0.435. The van der Waals surface area contributed by atoms with Crippen LogP contribution < -0.4 is 0 Å². The average molecular weight is 338 g/mol. The lowest BCUT2D eigenvalue weighted by atomic mass is 9.96.